The lowest BCUT2D eigenvalue weighted by Crippen LogP contribution is -2.42. The van der Waals surface area contributed by atoms with Gasteiger partial charge >= 0.3 is 6.03 Å². The van der Waals surface area contributed by atoms with Crippen LogP contribution in [-0.4, -0.2) is 58.5 Å². The summed E-state index contributed by atoms with van der Waals surface area (Å²) in [6.45, 7) is 3.99. The molecule has 26 heavy (non-hydrogen) atoms. The number of carbonyl (C=O) groups excluding carboxylic acids is 1. The number of amides is 2. The van der Waals surface area contributed by atoms with Crippen LogP contribution in [-0.2, 0) is 19.3 Å². The van der Waals surface area contributed by atoms with Gasteiger partial charge in [-0.25, -0.2) is 14.8 Å². The maximum absolute atomic E-state index is 12.7. The second-order valence-electron chi connectivity index (χ2n) is 6.87. The van der Waals surface area contributed by atoms with Crippen LogP contribution >= 0.6 is 0 Å². The monoisotopic (exact) mass is 355 g/mol. The molecule has 4 heterocycles. The molecule has 2 amide bonds. The summed E-state index contributed by atoms with van der Waals surface area (Å²) in [7, 11) is 0. The smallest absolute Gasteiger partial charge is 0.320 e. The first-order valence-corrected chi connectivity index (χ1v) is 9.44. The van der Waals surface area contributed by atoms with Crippen molar-refractivity contribution in [2.45, 2.75) is 32.1 Å². The highest BCUT2D eigenvalue weighted by atomic mass is 16.3. The summed E-state index contributed by atoms with van der Waals surface area (Å²) in [4.78, 5) is 25.5. The number of nitrogens with zero attached hydrogens (tertiary/aromatic N) is 4. The number of nitrogens with one attached hydrogen (secondary N) is 1. The van der Waals surface area contributed by atoms with Crippen molar-refractivity contribution < 1.29 is 9.21 Å². The van der Waals surface area contributed by atoms with Crippen molar-refractivity contribution in [3.05, 3.63) is 41.7 Å². The third kappa shape index (κ3) is 3.66. The molecule has 0 radical (unpaired) electrons. The Kier molecular flexibility index (Phi) is 5.04. The van der Waals surface area contributed by atoms with E-state index in [0.717, 1.165) is 87.7 Å². The van der Waals surface area contributed by atoms with Crippen molar-refractivity contribution in [2.75, 3.05) is 38.0 Å². The van der Waals surface area contributed by atoms with Crippen molar-refractivity contribution in [3.8, 4) is 0 Å². The van der Waals surface area contributed by atoms with Crippen molar-refractivity contribution in [1.82, 2.24) is 19.8 Å². The zero-order valence-corrected chi connectivity index (χ0v) is 15.0. The molecular weight excluding hydrogens is 330 g/mol. The predicted octanol–water partition coefficient (Wildman–Crippen LogP) is 2.34. The van der Waals surface area contributed by atoms with Crippen molar-refractivity contribution in [1.29, 1.82) is 0 Å². The molecule has 138 valence electrons. The molecular formula is C19H25N5O2. The van der Waals surface area contributed by atoms with E-state index in [4.69, 9.17) is 4.42 Å². The van der Waals surface area contributed by atoms with E-state index in [0.29, 0.717) is 0 Å². The summed E-state index contributed by atoms with van der Waals surface area (Å²) in [6, 6.07) is 4.05. The molecule has 2 aromatic heterocycles. The zero-order valence-electron chi connectivity index (χ0n) is 15.0. The Labute approximate surface area is 153 Å². The molecule has 0 saturated carbocycles. The fraction of sp³-hybridized carbons (Fsp3) is 0.526. The van der Waals surface area contributed by atoms with E-state index in [1.807, 2.05) is 21.9 Å². The standard InChI is InChI=1S/C19H25N5O2/c25-19(23-9-1-2-10-23)24-11-6-16-17(7-12-24)21-14-22-18(16)20-8-5-15-4-3-13-26-15/h3-4,13-14H,1-2,5-12H2,(H,20,21,22). The van der Waals surface area contributed by atoms with E-state index < -0.39 is 0 Å². The van der Waals surface area contributed by atoms with Crippen LogP contribution in [0.5, 0.6) is 0 Å². The van der Waals surface area contributed by atoms with E-state index in [-0.39, 0.29) is 6.03 Å². The minimum atomic E-state index is 0.176. The largest absolute Gasteiger partial charge is 0.469 e. The van der Waals surface area contributed by atoms with Crippen molar-refractivity contribution in [2.24, 2.45) is 0 Å². The van der Waals surface area contributed by atoms with Crippen LogP contribution in [0.2, 0.25) is 0 Å². The van der Waals surface area contributed by atoms with E-state index in [2.05, 4.69) is 15.3 Å². The first-order chi connectivity index (χ1) is 12.8. The van der Waals surface area contributed by atoms with Crippen LogP contribution in [0.15, 0.2) is 29.1 Å². The van der Waals surface area contributed by atoms with Crippen molar-refractivity contribution in [3.63, 3.8) is 0 Å². The minimum absolute atomic E-state index is 0.176. The molecule has 4 rings (SSSR count). The minimum Gasteiger partial charge on any atom is -0.469 e. The number of carbonyl (C=O) groups is 1. The van der Waals surface area contributed by atoms with Gasteiger partial charge in [0.05, 0.1) is 12.0 Å². The first kappa shape index (κ1) is 16.9. The van der Waals surface area contributed by atoms with Gasteiger partial charge in [0.2, 0.25) is 0 Å². The lowest BCUT2D eigenvalue weighted by Gasteiger charge is -2.26. The molecule has 0 aromatic carbocycles. The van der Waals surface area contributed by atoms with E-state index in [9.17, 15) is 4.79 Å². The Morgan fingerprint density at radius 2 is 1.92 bits per heavy atom. The summed E-state index contributed by atoms with van der Waals surface area (Å²) in [6.07, 6.45) is 7.93. The summed E-state index contributed by atoms with van der Waals surface area (Å²) >= 11 is 0. The van der Waals surface area contributed by atoms with Gasteiger partial charge in [-0.05, 0) is 31.4 Å². The average Bonchev–Trinajstić information content (AvgIpc) is 3.33. The maximum Gasteiger partial charge on any atom is 0.320 e. The van der Waals surface area contributed by atoms with Crippen LogP contribution in [0.1, 0.15) is 29.9 Å². The second-order valence-corrected chi connectivity index (χ2v) is 6.87. The van der Waals surface area contributed by atoms with Crippen molar-refractivity contribution >= 4 is 11.8 Å². The van der Waals surface area contributed by atoms with Gasteiger partial charge in [-0.3, -0.25) is 0 Å². The molecule has 1 N–H and O–H groups in total. The van der Waals surface area contributed by atoms with Gasteiger partial charge < -0.3 is 19.5 Å². The summed E-state index contributed by atoms with van der Waals surface area (Å²) in [5, 5.41) is 3.41. The van der Waals surface area contributed by atoms with Crippen LogP contribution in [0.4, 0.5) is 10.6 Å². The van der Waals surface area contributed by atoms with Gasteiger partial charge in [-0.1, -0.05) is 0 Å². The number of anilines is 1. The van der Waals surface area contributed by atoms with Crippen LogP contribution < -0.4 is 5.32 Å². The number of furan rings is 1. The second kappa shape index (κ2) is 7.76. The third-order valence-corrected chi connectivity index (χ3v) is 5.18. The Hall–Kier alpha value is -2.57. The predicted molar refractivity (Wildman–Crippen MR) is 98.1 cm³/mol. The van der Waals surface area contributed by atoms with Crippen LogP contribution in [0.3, 0.4) is 0 Å². The summed E-state index contributed by atoms with van der Waals surface area (Å²) < 4.78 is 5.37. The van der Waals surface area contributed by atoms with E-state index in [1.54, 1.807) is 12.6 Å². The Morgan fingerprint density at radius 3 is 2.73 bits per heavy atom. The number of fused-ring (bicyclic) bond motifs is 1. The molecule has 0 aliphatic carbocycles. The SMILES string of the molecule is O=C(N1CCCC1)N1CCc2ncnc(NCCc3ccco3)c2CC1. The molecule has 1 fully saturated rings. The number of rotatable bonds is 4. The molecule has 0 spiro atoms. The quantitative estimate of drug-likeness (QED) is 0.911. The lowest BCUT2D eigenvalue weighted by atomic mass is 10.1. The molecule has 7 heteroatoms. The highest BCUT2D eigenvalue weighted by molar-refractivity contribution is 5.75. The van der Waals surface area contributed by atoms with Crippen LogP contribution in [0, 0.1) is 0 Å². The van der Waals surface area contributed by atoms with Gasteiger partial charge in [-0.15, -0.1) is 0 Å². The molecule has 0 unspecified atom stereocenters. The Bertz CT molecular complexity index is 740. The zero-order chi connectivity index (χ0) is 17.8. The highest BCUT2D eigenvalue weighted by Gasteiger charge is 2.26. The number of likely N-dealkylation sites (tertiary alicyclic amines) is 1. The van der Waals surface area contributed by atoms with Gasteiger partial charge in [0.15, 0.2) is 0 Å². The molecule has 1 saturated heterocycles. The maximum atomic E-state index is 12.7. The fourth-order valence-electron chi connectivity index (χ4n) is 3.74. The molecule has 2 aromatic rings. The summed E-state index contributed by atoms with van der Waals surface area (Å²) in [5.41, 5.74) is 2.20. The fourth-order valence-corrected chi connectivity index (χ4v) is 3.74. The number of hydrogen-bond acceptors (Lipinski definition) is 5. The number of aromatic nitrogens is 2. The Morgan fingerprint density at radius 1 is 1.12 bits per heavy atom. The Balaban J connectivity index is 1.40. The normalized spacial score (nSPS) is 17.1. The van der Waals surface area contributed by atoms with Gasteiger partial charge in [0, 0.05) is 51.1 Å². The molecule has 2 aliphatic rings. The van der Waals surface area contributed by atoms with Crippen LogP contribution in [0.25, 0.3) is 0 Å². The van der Waals surface area contributed by atoms with E-state index in [1.165, 1.54) is 0 Å². The van der Waals surface area contributed by atoms with E-state index >= 15 is 0 Å². The topological polar surface area (TPSA) is 74.5 Å². The molecule has 7 nitrogen and oxygen atoms in total. The molecule has 0 bridgehead atoms. The third-order valence-electron chi connectivity index (χ3n) is 5.18. The summed E-state index contributed by atoms with van der Waals surface area (Å²) in [5.74, 6) is 1.84. The number of urea groups is 1. The molecule has 0 atom stereocenters. The molecule has 2 aliphatic heterocycles. The van der Waals surface area contributed by atoms with Gasteiger partial charge in [0.25, 0.3) is 0 Å². The highest BCUT2D eigenvalue weighted by Crippen LogP contribution is 2.22. The average molecular weight is 355 g/mol. The lowest BCUT2D eigenvalue weighted by molar-refractivity contribution is 0.164. The number of hydrogen-bond donors (Lipinski definition) is 1. The van der Waals surface area contributed by atoms with Gasteiger partial charge in [-0.2, -0.15) is 0 Å². The first-order valence-electron chi connectivity index (χ1n) is 9.44. The van der Waals surface area contributed by atoms with Gasteiger partial charge in [0.1, 0.15) is 17.9 Å².